The van der Waals surface area contributed by atoms with Crippen molar-refractivity contribution < 1.29 is 8.42 Å². The zero-order valence-corrected chi connectivity index (χ0v) is 9.85. The first kappa shape index (κ1) is 9.66. The van der Waals surface area contributed by atoms with Gasteiger partial charge in [0.1, 0.15) is 4.90 Å². The lowest BCUT2D eigenvalue weighted by molar-refractivity contribution is 0.603. The lowest BCUT2D eigenvalue weighted by Crippen LogP contribution is -2.07. The number of sulfonamides is 1. The predicted molar refractivity (Wildman–Crippen MR) is 64.2 cm³/mol. The molecule has 0 bridgehead atoms. The van der Waals surface area contributed by atoms with E-state index in [9.17, 15) is 8.42 Å². The minimum Gasteiger partial charge on any atom is -0.279 e. The molecule has 1 heterocycles. The summed E-state index contributed by atoms with van der Waals surface area (Å²) in [7, 11) is -3.36. The van der Waals surface area contributed by atoms with Crippen molar-refractivity contribution in [2.45, 2.75) is 18.7 Å². The monoisotopic (exact) mass is 233 g/mol. The maximum absolute atomic E-state index is 12.0. The summed E-state index contributed by atoms with van der Waals surface area (Å²) in [6.45, 7) is 3.81. The molecule has 82 valence electrons. The highest BCUT2D eigenvalue weighted by atomic mass is 32.2. The lowest BCUT2D eigenvalue weighted by atomic mass is 10.0. The summed E-state index contributed by atoms with van der Waals surface area (Å²) in [5.41, 5.74) is 2.59. The van der Waals surface area contributed by atoms with E-state index in [0.717, 1.165) is 21.9 Å². The van der Waals surface area contributed by atoms with Crippen LogP contribution in [0.2, 0.25) is 0 Å². The van der Waals surface area contributed by atoms with Crippen molar-refractivity contribution in [1.82, 2.24) is 0 Å². The molecule has 0 saturated carbocycles. The quantitative estimate of drug-likeness (QED) is 0.760. The van der Waals surface area contributed by atoms with Crippen LogP contribution in [0, 0.1) is 13.8 Å². The summed E-state index contributed by atoms with van der Waals surface area (Å²) in [6.07, 6.45) is 0. The molecule has 3 rings (SSSR count). The third-order valence-corrected chi connectivity index (χ3v) is 4.61. The maximum atomic E-state index is 12.0. The first-order valence-electron chi connectivity index (χ1n) is 5.06. The highest BCUT2D eigenvalue weighted by Gasteiger charge is 2.29. The van der Waals surface area contributed by atoms with Crippen molar-refractivity contribution in [3.63, 3.8) is 0 Å². The van der Waals surface area contributed by atoms with Crippen molar-refractivity contribution in [3.8, 4) is 0 Å². The van der Waals surface area contributed by atoms with Crippen molar-refractivity contribution in [3.05, 3.63) is 35.4 Å². The van der Waals surface area contributed by atoms with Gasteiger partial charge < -0.3 is 0 Å². The van der Waals surface area contributed by atoms with Gasteiger partial charge in [-0.05, 0) is 36.4 Å². The molecule has 0 aromatic heterocycles. The van der Waals surface area contributed by atoms with Gasteiger partial charge in [0.25, 0.3) is 10.0 Å². The van der Waals surface area contributed by atoms with E-state index in [1.54, 1.807) is 0 Å². The lowest BCUT2D eigenvalue weighted by Gasteiger charge is -2.04. The van der Waals surface area contributed by atoms with Crippen LogP contribution < -0.4 is 4.72 Å². The van der Waals surface area contributed by atoms with E-state index in [2.05, 4.69) is 4.72 Å². The van der Waals surface area contributed by atoms with Crippen LogP contribution in [0.25, 0.3) is 10.8 Å². The largest absolute Gasteiger partial charge is 0.279 e. The van der Waals surface area contributed by atoms with Gasteiger partial charge in [-0.15, -0.1) is 0 Å². The average molecular weight is 233 g/mol. The van der Waals surface area contributed by atoms with Gasteiger partial charge in [0.2, 0.25) is 0 Å². The smallest absolute Gasteiger partial charge is 0.262 e. The van der Waals surface area contributed by atoms with Crippen LogP contribution in [0.5, 0.6) is 0 Å². The highest BCUT2D eigenvalue weighted by Crippen LogP contribution is 2.40. The Morgan fingerprint density at radius 3 is 2.44 bits per heavy atom. The van der Waals surface area contributed by atoms with Gasteiger partial charge in [-0.1, -0.05) is 18.2 Å². The second-order valence-corrected chi connectivity index (χ2v) is 5.79. The maximum Gasteiger partial charge on any atom is 0.262 e. The van der Waals surface area contributed by atoms with Crippen molar-refractivity contribution in [2.75, 3.05) is 4.72 Å². The second kappa shape index (κ2) is 2.77. The Morgan fingerprint density at radius 1 is 1.00 bits per heavy atom. The summed E-state index contributed by atoms with van der Waals surface area (Å²) < 4.78 is 26.5. The fourth-order valence-electron chi connectivity index (χ4n) is 2.29. The Bertz CT molecular complexity index is 717. The molecule has 16 heavy (non-hydrogen) atoms. The molecule has 0 radical (unpaired) electrons. The van der Waals surface area contributed by atoms with Crippen LogP contribution in [0.4, 0.5) is 5.69 Å². The van der Waals surface area contributed by atoms with Gasteiger partial charge >= 0.3 is 0 Å². The van der Waals surface area contributed by atoms with Crippen LogP contribution >= 0.6 is 0 Å². The average Bonchev–Trinajstić information content (AvgIpc) is 2.48. The van der Waals surface area contributed by atoms with E-state index in [0.29, 0.717) is 10.6 Å². The topological polar surface area (TPSA) is 46.2 Å². The molecule has 0 saturated heterocycles. The van der Waals surface area contributed by atoms with Gasteiger partial charge in [0.15, 0.2) is 0 Å². The molecule has 0 unspecified atom stereocenters. The molecule has 2 aromatic carbocycles. The fraction of sp³-hybridized carbons (Fsp3) is 0.167. The van der Waals surface area contributed by atoms with Crippen LogP contribution in [-0.4, -0.2) is 8.42 Å². The standard InChI is InChI=1S/C12H11NO2S/c1-7-4-6-10-11-9(7)5-3-8(2)12(11)16(14,15)13-10/h3-6,13H,1-2H3. The molecule has 4 heteroatoms. The minimum absolute atomic E-state index is 0.434. The van der Waals surface area contributed by atoms with Crippen molar-refractivity contribution in [2.24, 2.45) is 0 Å². The predicted octanol–water partition coefficient (Wildman–Crippen LogP) is 2.57. The zero-order valence-electron chi connectivity index (χ0n) is 9.03. The normalized spacial score (nSPS) is 16.4. The number of rotatable bonds is 0. The van der Waals surface area contributed by atoms with E-state index < -0.39 is 10.0 Å². The summed E-state index contributed by atoms with van der Waals surface area (Å²) in [4.78, 5) is 0.434. The molecule has 1 aliphatic rings. The third kappa shape index (κ3) is 1.05. The Balaban J connectivity index is 2.65. The van der Waals surface area contributed by atoms with E-state index >= 15 is 0 Å². The number of aryl methyl sites for hydroxylation is 2. The number of anilines is 1. The molecule has 1 aliphatic heterocycles. The summed E-state index contributed by atoms with van der Waals surface area (Å²) in [6, 6.07) is 7.60. The molecule has 1 N–H and O–H groups in total. The van der Waals surface area contributed by atoms with Gasteiger partial charge in [-0.25, -0.2) is 8.42 Å². The third-order valence-electron chi connectivity index (χ3n) is 3.06. The van der Waals surface area contributed by atoms with E-state index in [1.165, 1.54) is 0 Å². The Hall–Kier alpha value is -1.55. The van der Waals surface area contributed by atoms with Crippen LogP contribution in [0.1, 0.15) is 11.1 Å². The Kier molecular flexibility index (Phi) is 1.67. The van der Waals surface area contributed by atoms with E-state index in [4.69, 9.17) is 0 Å². The molecule has 3 nitrogen and oxygen atoms in total. The van der Waals surface area contributed by atoms with Gasteiger partial charge in [-0.3, -0.25) is 4.72 Å². The molecule has 0 aliphatic carbocycles. The SMILES string of the molecule is Cc1ccc2c(C)ccc3c2c1S(=O)(=O)N3. The zero-order chi connectivity index (χ0) is 11.5. The molecule has 0 fully saturated rings. The fourth-order valence-corrected chi connectivity index (χ4v) is 3.83. The first-order chi connectivity index (χ1) is 7.50. The number of hydrogen-bond donors (Lipinski definition) is 1. The van der Waals surface area contributed by atoms with Crippen LogP contribution in [-0.2, 0) is 10.0 Å². The molecular formula is C12H11NO2S. The van der Waals surface area contributed by atoms with Gasteiger partial charge in [-0.2, -0.15) is 0 Å². The number of hydrogen-bond acceptors (Lipinski definition) is 2. The summed E-state index contributed by atoms with van der Waals surface area (Å²) in [5.74, 6) is 0. The molecule has 0 spiro atoms. The van der Waals surface area contributed by atoms with E-state index in [-0.39, 0.29) is 0 Å². The minimum atomic E-state index is -3.36. The van der Waals surface area contributed by atoms with Gasteiger partial charge in [0, 0.05) is 5.39 Å². The molecule has 0 atom stereocenters. The highest BCUT2D eigenvalue weighted by molar-refractivity contribution is 7.93. The second-order valence-electron chi connectivity index (χ2n) is 4.17. The summed E-state index contributed by atoms with van der Waals surface area (Å²) >= 11 is 0. The first-order valence-corrected chi connectivity index (χ1v) is 6.55. The number of nitrogens with one attached hydrogen (secondary N) is 1. The van der Waals surface area contributed by atoms with E-state index in [1.807, 2.05) is 38.1 Å². The molecule has 0 amide bonds. The van der Waals surface area contributed by atoms with Crippen molar-refractivity contribution >= 4 is 26.5 Å². The summed E-state index contributed by atoms with van der Waals surface area (Å²) in [5, 5.41) is 1.84. The Morgan fingerprint density at radius 2 is 1.69 bits per heavy atom. The van der Waals surface area contributed by atoms with Crippen LogP contribution in [0.15, 0.2) is 29.2 Å². The van der Waals surface area contributed by atoms with Gasteiger partial charge in [0.05, 0.1) is 5.69 Å². The van der Waals surface area contributed by atoms with Crippen molar-refractivity contribution in [1.29, 1.82) is 0 Å². The molecular weight excluding hydrogens is 222 g/mol. The van der Waals surface area contributed by atoms with Crippen LogP contribution in [0.3, 0.4) is 0 Å². The number of benzene rings is 2. The molecule has 2 aromatic rings. The Labute approximate surface area is 94.1 Å².